The van der Waals surface area contributed by atoms with Gasteiger partial charge in [0.15, 0.2) is 8.32 Å². The lowest BCUT2D eigenvalue weighted by Crippen LogP contribution is -2.41. The van der Waals surface area contributed by atoms with Crippen LogP contribution in [-0.4, -0.2) is 25.8 Å². The highest BCUT2D eigenvalue weighted by molar-refractivity contribution is 6.74. The Balaban J connectivity index is 2.28. The molecule has 4 nitrogen and oxygen atoms in total. The van der Waals surface area contributed by atoms with Crippen LogP contribution in [0.3, 0.4) is 0 Å². The zero-order valence-electron chi connectivity index (χ0n) is 17.0. The summed E-state index contributed by atoms with van der Waals surface area (Å²) in [6, 6.07) is 8.12. The van der Waals surface area contributed by atoms with Gasteiger partial charge in [-0.3, -0.25) is 4.79 Å². The summed E-state index contributed by atoms with van der Waals surface area (Å²) in [6.07, 6.45) is 1.72. The smallest absolute Gasteiger partial charge is 0.191 e. The molecule has 26 heavy (non-hydrogen) atoms. The largest absolute Gasteiger partial charge is 0.417 e. The zero-order valence-corrected chi connectivity index (χ0v) is 18.0. The molecule has 1 aromatic heterocycles. The molecule has 0 aliphatic carbocycles. The van der Waals surface area contributed by atoms with E-state index in [2.05, 4.69) is 51.4 Å². The monoisotopic (exact) mass is 370 g/mol. The van der Waals surface area contributed by atoms with Gasteiger partial charge in [0.1, 0.15) is 18.0 Å². The van der Waals surface area contributed by atoms with E-state index in [0.717, 1.165) is 29.2 Å². The highest BCUT2D eigenvalue weighted by Gasteiger charge is 2.37. The number of carbonyl (C=O) groups excluding carboxylic acids is 1. The van der Waals surface area contributed by atoms with Crippen molar-refractivity contribution in [2.75, 3.05) is 6.61 Å². The van der Waals surface area contributed by atoms with Gasteiger partial charge in [-0.25, -0.2) is 0 Å². The molecule has 0 amide bonds. The standard InChI is InChI=1S/C21H30N2O2Si/c1-15(10-11-25-26(6,7)21(3,4)5)23-18(13-22)12-19-16(2)17(14-24)8-9-20(19)23/h8-9,12,14-15H,10-11H2,1-7H3. The van der Waals surface area contributed by atoms with Crippen LogP contribution >= 0.6 is 0 Å². The number of aromatic nitrogens is 1. The average Bonchev–Trinajstić information content (AvgIpc) is 2.93. The third kappa shape index (κ3) is 3.77. The van der Waals surface area contributed by atoms with Gasteiger partial charge < -0.3 is 8.99 Å². The molecule has 0 spiro atoms. The molecule has 140 valence electrons. The minimum atomic E-state index is -1.77. The summed E-state index contributed by atoms with van der Waals surface area (Å²) in [5.74, 6) is 0. The maximum atomic E-state index is 11.2. The molecule has 2 rings (SSSR count). The van der Waals surface area contributed by atoms with Gasteiger partial charge in [0.25, 0.3) is 0 Å². The number of nitrogens with zero attached hydrogens (tertiary/aromatic N) is 2. The molecule has 0 saturated carbocycles. The summed E-state index contributed by atoms with van der Waals surface area (Å²) >= 11 is 0. The van der Waals surface area contributed by atoms with E-state index in [1.807, 2.05) is 25.1 Å². The van der Waals surface area contributed by atoms with Crippen LogP contribution in [0.25, 0.3) is 10.9 Å². The number of benzene rings is 1. The van der Waals surface area contributed by atoms with Crippen LogP contribution in [-0.2, 0) is 4.43 Å². The molecule has 2 aromatic rings. The molecule has 0 fully saturated rings. The van der Waals surface area contributed by atoms with E-state index in [1.165, 1.54) is 0 Å². The van der Waals surface area contributed by atoms with E-state index in [0.29, 0.717) is 17.9 Å². The van der Waals surface area contributed by atoms with Gasteiger partial charge in [0.05, 0.1) is 0 Å². The SMILES string of the molecule is Cc1c(C=O)ccc2c1cc(C#N)n2C(C)CCO[Si](C)(C)C(C)(C)C. The van der Waals surface area contributed by atoms with Crippen molar-refractivity contribution >= 4 is 25.5 Å². The van der Waals surface area contributed by atoms with Gasteiger partial charge in [-0.05, 0) is 62.2 Å². The second-order valence-electron chi connectivity index (χ2n) is 8.59. The molecule has 1 unspecified atom stereocenters. The summed E-state index contributed by atoms with van der Waals surface area (Å²) < 4.78 is 8.38. The van der Waals surface area contributed by atoms with Crippen molar-refractivity contribution in [2.24, 2.45) is 0 Å². The number of aldehydes is 1. The Hall–Kier alpha value is -1.90. The quantitative estimate of drug-likeness (QED) is 0.491. The number of hydrogen-bond acceptors (Lipinski definition) is 3. The second-order valence-corrected chi connectivity index (χ2v) is 13.4. The molecule has 1 atom stereocenters. The Kier molecular flexibility index (Phi) is 5.79. The molecular weight excluding hydrogens is 340 g/mol. The van der Waals surface area contributed by atoms with Crippen molar-refractivity contribution in [1.82, 2.24) is 4.57 Å². The first-order valence-electron chi connectivity index (χ1n) is 9.17. The minimum Gasteiger partial charge on any atom is -0.417 e. The molecule has 0 bridgehead atoms. The lowest BCUT2D eigenvalue weighted by Gasteiger charge is -2.36. The number of carbonyl (C=O) groups is 1. The molecular formula is C21H30N2O2Si. The molecule has 0 aliphatic heterocycles. The molecule has 1 heterocycles. The highest BCUT2D eigenvalue weighted by atomic mass is 28.4. The summed E-state index contributed by atoms with van der Waals surface area (Å²) in [5.41, 5.74) is 3.24. The van der Waals surface area contributed by atoms with Crippen molar-refractivity contribution in [2.45, 2.75) is 65.2 Å². The lowest BCUT2D eigenvalue weighted by molar-refractivity contribution is 0.112. The van der Waals surface area contributed by atoms with E-state index >= 15 is 0 Å². The third-order valence-electron chi connectivity index (χ3n) is 5.82. The first-order valence-corrected chi connectivity index (χ1v) is 12.1. The van der Waals surface area contributed by atoms with E-state index in [1.54, 1.807) is 0 Å². The first-order chi connectivity index (χ1) is 12.0. The Bertz CT molecular complexity index is 853. The topological polar surface area (TPSA) is 55.0 Å². The summed E-state index contributed by atoms with van der Waals surface area (Å²) in [4.78, 5) is 11.2. The summed E-state index contributed by atoms with van der Waals surface area (Å²) in [5, 5.41) is 10.7. The van der Waals surface area contributed by atoms with Crippen LogP contribution in [0.1, 0.15) is 61.8 Å². The number of nitriles is 1. The number of hydrogen-bond donors (Lipinski definition) is 0. The van der Waals surface area contributed by atoms with Crippen LogP contribution < -0.4 is 0 Å². The first kappa shape index (κ1) is 20.4. The van der Waals surface area contributed by atoms with Gasteiger partial charge in [-0.2, -0.15) is 5.26 Å². The Labute approximate surface area is 157 Å². The van der Waals surface area contributed by atoms with Crippen molar-refractivity contribution in [3.8, 4) is 6.07 Å². The second kappa shape index (κ2) is 7.38. The van der Waals surface area contributed by atoms with E-state index in [-0.39, 0.29) is 11.1 Å². The Morgan fingerprint density at radius 3 is 2.54 bits per heavy atom. The normalized spacial score (nSPS) is 13.6. The van der Waals surface area contributed by atoms with Gasteiger partial charge in [-0.1, -0.05) is 20.8 Å². The van der Waals surface area contributed by atoms with Crippen LogP contribution in [0.15, 0.2) is 18.2 Å². The van der Waals surface area contributed by atoms with E-state index in [4.69, 9.17) is 4.43 Å². The lowest BCUT2D eigenvalue weighted by atomic mass is 10.1. The van der Waals surface area contributed by atoms with Gasteiger partial charge in [-0.15, -0.1) is 0 Å². The fraction of sp³-hybridized carbons (Fsp3) is 0.524. The maximum absolute atomic E-state index is 11.2. The van der Waals surface area contributed by atoms with Crippen molar-refractivity contribution in [3.63, 3.8) is 0 Å². The highest BCUT2D eigenvalue weighted by Crippen LogP contribution is 2.37. The Morgan fingerprint density at radius 2 is 2.00 bits per heavy atom. The predicted molar refractivity (Wildman–Crippen MR) is 109 cm³/mol. The van der Waals surface area contributed by atoms with Gasteiger partial charge >= 0.3 is 0 Å². The Morgan fingerprint density at radius 1 is 1.35 bits per heavy atom. The van der Waals surface area contributed by atoms with Crippen LogP contribution in [0.5, 0.6) is 0 Å². The number of fused-ring (bicyclic) bond motifs is 1. The van der Waals surface area contributed by atoms with Crippen LogP contribution in [0.2, 0.25) is 18.1 Å². The average molecular weight is 371 g/mol. The number of rotatable bonds is 6. The van der Waals surface area contributed by atoms with E-state index in [9.17, 15) is 10.1 Å². The zero-order chi connectivity index (χ0) is 19.7. The fourth-order valence-electron chi connectivity index (χ4n) is 2.98. The maximum Gasteiger partial charge on any atom is 0.191 e. The van der Waals surface area contributed by atoms with Crippen molar-refractivity contribution in [3.05, 3.63) is 35.0 Å². The third-order valence-corrected chi connectivity index (χ3v) is 10.4. The van der Waals surface area contributed by atoms with Crippen LogP contribution in [0.4, 0.5) is 0 Å². The van der Waals surface area contributed by atoms with Gasteiger partial charge in [0.2, 0.25) is 0 Å². The van der Waals surface area contributed by atoms with Crippen LogP contribution in [0, 0.1) is 18.3 Å². The molecule has 0 saturated heterocycles. The minimum absolute atomic E-state index is 0.147. The van der Waals surface area contributed by atoms with Crippen molar-refractivity contribution in [1.29, 1.82) is 5.26 Å². The molecule has 0 radical (unpaired) electrons. The van der Waals surface area contributed by atoms with Crippen molar-refractivity contribution < 1.29 is 9.22 Å². The number of aryl methyl sites for hydroxylation is 1. The molecule has 0 aliphatic rings. The molecule has 5 heteroatoms. The molecule has 0 N–H and O–H groups in total. The van der Waals surface area contributed by atoms with E-state index < -0.39 is 8.32 Å². The summed E-state index contributed by atoms with van der Waals surface area (Å²) in [6.45, 7) is 16.0. The predicted octanol–water partition coefficient (Wildman–Crippen LogP) is 5.61. The fourth-order valence-corrected chi connectivity index (χ4v) is 4.04. The van der Waals surface area contributed by atoms with Gasteiger partial charge in [0, 0.05) is 29.1 Å². The molecule has 1 aromatic carbocycles. The summed E-state index contributed by atoms with van der Waals surface area (Å²) in [7, 11) is -1.77.